The molecule has 0 aliphatic carbocycles. The molecule has 0 bridgehead atoms. The molecule has 0 saturated carbocycles. The molecule has 6 heteroatoms. The van der Waals surface area contributed by atoms with Crippen molar-refractivity contribution in [3.05, 3.63) is 53.0 Å². The highest BCUT2D eigenvalue weighted by Gasteiger charge is 2.20. The quantitative estimate of drug-likeness (QED) is 0.798. The zero-order valence-electron chi connectivity index (χ0n) is 14.2. The van der Waals surface area contributed by atoms with Crippen LogP contribution < -0.4 is 0 Å². The average molecular weight is 347 g/mol. The first-order valence-electron chi connectivity index (χ1n) is 7.63. The van der Waals surface area contributed by atoms with E-state index in [-0.39, 0.29) is 18.0 Å². The van der Waals surface area contributed by atoms with Crippen LogP contribution in [-0.4, -0.2) is 34.2 Å². The van der Waals surface area contributed by atoms with Gasteiger partial charge in [-0.15, -0.1) is 11.8 Å². The first kappa shape index (κ1) is 18.1. The summed E-state index contributed by atoms with van der Waals surface area (Å²) in [5.74, 6) is -0.358. The number of thioether (sulfide) groups is 1. The van der Waals surface area contributed by atoms with E-state index in [1.54, 1.807) is 31.8 Å². The maximum atomic E-state index is 12.7. The number of carbonyl (C=O) groups is 2. The highest BCUT2D eigenvalue weighted by Crippen LogP contribution is 2.27. The minimum absolute atomic E-state index is 0.121. The number of carboxylic acid groups (broad SMARTS) is 1. The Labute approximate surface area is 145 Å². The number of aromatic carboxylic acids is 1. The molecule has 1 heterocycles. The zero-order valence-corrected chi connectivity index (χ0v) is 15.0. The number of rotatable bonds is 6. The summed E-state index contributed by atoms with van der Waals surface area (Å²) in [4.78, 5) is 26.3. The second kappa shape index (κ2) is 7.57. The van der Waals surface area contributed by atoms with Crippen LogP contribution in [0.4, 0.5) is 0 Å². The van der Waals surface area contributed by atoms with Crippen molar-refractivity contribution in [2.45, 2.75) is 37.5 Å². The van der Waals surface area contributed by atoms with Crippen molar-refractivity contribution in [3.63, 3.8) is 0 Å². The van der Waals surface area contributed by atoms with Crippen LogP contribution in [0.15, 0.2) is 39.6 Å². The standard InChI is InChI=1S/C18H21NO4S/c1-11(2)24-16-8-6-5-7-14(16)17(20)19(4)10-13-9-15(18(21)22)12(3)23-13/h5-9,11H,10H2,1-4H3,(H,21,22). The molecule has 0 spiro atoms. The molecule has 0 saturated heterocycles. The van der Waals surface area contributed by atoms with E-state index in [2.05, 4.69) is 13.8 Å². The van der Waals surface area contributed by atoms with Crippen LogP contribution >= 0.6 is 11.8 Å². The Hall–Kier alpha value is -2.21. The molecule has 0 fully saturated rings. The van der Waals surface area contributed by atoms with E-state index in [4.69, 9.17) is 9.52 Å². The molecule has 128 valence electrons. The number of carboxylic acids is 1. The zero-order chi connectivity index (χ0) is 17.9. The molecule has 24 heavy (non-hydrogen) atoms. The molecule has 1 N–H and O–H groups in total. The molecule has 0 radical (unpaired) electrons. The lowest BCUT2D eigenvalue weighted by Gasteiger charge is -2.18. The molecular weight excluding hydrogens is 326 g/mol. The van der Waals surface area contributed by atoms with Gasteiger partial charge in [-0.3, -0.25) is 4.79 Å². The smallest absolute Gasteiger partial charge is 0.339 e. The van der Waals surface area contributed by atoms with Gasteiger partial charge in [-0.2, -0.15) is 0 Å². The van der Waals surface area contributed by atoms with Gasteiger partial charge in [0, 0.05) is 17.2 Å². The van der Waals surface area contributed by atoms with Gasteiger partial charge < -0.3 is 14.4 Å². The van der Waals surface area contributed by atoms with Crippen molar-refractivity contribution in [1.29, 1.82) is 0 Å². The number of hydrogen-bond acceptors (Lipinski definition) is 4. The SMILES string of the molecule is Cc1oc(CN(C)C(=O)c2ccccc2SC(C)C)cc1C(=O)O. The van der Waals surface area contributed by atoms with Crippen molar-refractivity contribution in [1.82, 2.24) is 4.90 Å². The molecule has 1 aromatic heterocycles. The lowest BCUT2D eigenvalue weighted by Crippen LogP contribution is -2.26. The lowest BCUT2D eigenvalue weighted by atomic mass is 10.2. The molecule has 2 rings (SSSR count). The van der Waals surface area contributed by atoms with Crippen LogP contribution in [0, 0.1) is 6.92 Å². The van der Waals surface area contributed by atoms with Crippen LogP contribution in [0.2, 0.25) is 0 Å². The van der Waals surface area contributed by atoms with E-state index in [1.165, 1.54) is 11.0 Å². The number of carbonyl (C=O) groups excluding carboxylic acids is 1. The molecule has 1 amide bonds. The molecule has 5 nitrogen and oxygen atoms in total. The van der Waals surface area contributed by atoms with Gasteiger partial charge in [-0.1, -0.05) is 26.0 Å². The van der Waals surface area contributed by atoms with Gasteiger partial charge in [-0.05, 0) is 25.1 Å². The van der Waals surface area contributed by atoms with Crippen LogP contribution in [0.25, 0.3) is 0 Å². The molecule has 0 aliphatic rings. The molecular formula is C18H21NO4S. The van der Waals surface area contributed by atoms with E-state index >= 15 is 0 Å². The number of hydrogen-bond donors (Lipinski definition) is 1. The number of amides is 1. The maximum absolute atomic E-state index is 12.7. The van der Waals surface area contributed by atoms with Crippen molar-refractivity contribution < 1.29 is 19.1 Å². The summed E-state index contributed by atoms with van der Waals surface area (Å²) in [6.45, 7) is 5.97. The third-order valence-electron chi connectivity index (χ3n) is 3.42. The highest BCUT2D eigenvalue weighted by molar-refractivity contribution is 8.00. The monoisotopic (exact) mass is 347 g/mol. The first-order chi connectivity index (χ1) is 11.3. The van der Waals surface area contributed by atoms with Gasteiger partial charge in [-0.25, -0.2) is 4.79 Å². The third-order valence-corrected chi connectivity index (χ3v) is 4.50. The Morgan fingerprint density at radius 1 is 1.25 bits per heavy atom. The average Bonchev–Trinajstić information content (AvgIpc) is 2.87. The van der Waals surface area contributed by atoms with Crippen molar-refractivity contribution >= 4 is 23.6 Å². The number of nitrogens with zero attached hydrogens (tertiary/aromatic N) is 1. The number of benzene rings is 1. The van der Waals surface area contributed by atoms with Crippen molar-refractivity contribution in [3.8, 4) is 0 Å². The normalized spacial score (nSPS) is 10.9. The van der Waals surface area contributed by atoms with Gasteiger partial charge in [0.1, 0.15) is 17.1 Å². The fraction of sp³-hybridized carbons (Fsp3) is 0.333. The van der Waals surface area contributed by atoms with Gasteiger partial charge >= 0.3 is 5.97 Å². The van der Waals surface area contributed by atoms with Crippen molar-refractivity contribution in [2.24, 2.45) is 0 Å². The maximum Gasteiger partial charge on any atom is 0.339 e. The Bertz CT molecular complexity index is 751. The second-order valence-corrected chi connectivity index (χ2v) is 7.43. The fourth-order valence-electron chi connectivity index (χ4n) is 2.35. The van der Waals surface area contributed by atoms with Crippen LogP contribution in [0.3, 0.4) is 0 Å². The minimum atomic E-state index is -1.03. The van der Waals surface area contributed by atoms with E-state index in [0.717, 1.165) is 4.90 Å². The van der Waals surface area contributed by atoms with Crippen LogP contribution in [0.1, 0.15) is 46.1 Å². The van der Waals surface area contributed by atoms with E-state index in [9.17, 15) is 9.59 Å². The second-order valence-electron chi connectivity index (χ2n) is 5.81. The Morgan fingerprint density at radius 3 is 2.50 bits per heavy atom. The molecule has 0 atom stereocenters. The Balaban J connectivity index is 2.18. The molecule has 0 unspecified atom stereocenters. The van der Waals surface area contributed by atoms with Gasteiger partial charge in [0.05, 0.1) is 12.1 Å². The van der Waals surface area contributed by atoms with Crippen molar-refractivity contribution in [2.75, 3.05) is 7.05 Å². The Kier molecular flexibility index (Phi) is 5.72. The molecule has 0 aliphatic heterocycles. The summed E-state index contributed by atoms with van der Waals surface area (Å²) in [5.41, 5.74) is 0.766. The van der Waals surface area contributed by atoms with E-state index < -0.39 is 5.97 Å². The van der Waals surface area contributed by atoms with E-state index in [1.807, 2.05) is 18.2 Å². The minimum Gasteiger partial charge on any atom is -0.478 e. The largest absolute Gasteiger partial charge is 0.478 e. The van der Waals surface area contributed by atoms with Crippen LogP contribution in [0.5, 0.6) is 0 Å². The van der Waals surface area contributed by atoms with Gasteiger partial charge in [0.2, 0.25) is 0 Å². The van der Waals surface area contributed by atoms with Gasteiger partial charge in [0.25, 0.3) is 5.91 Å². The summed E-state index contributed by atoms with van der Waals surface area (Å²) < 4.78 is 5.45. The number of aryl methyl sites for hydroxylation is 1. The van der Waals surface area contributed by atoms with Crippen LogP contribution in [-0.2, 0) is 6.54 Å². The summed E-state index contributed by atoms with van der Waals surface area (Å²) in [6, 6.07) is 8.96. The van der Waals surface area contributed by atoms with E-state index in [0.29, 0.717) is 22.3 Å². The molecule has 2 aromatic rings. The summed E-state index contributed by atoms with van der Waals surface area (Å²) >= 11 is 1.64. The summed E-state index contributed by atoms with van der Waals surface area (Å²) in [7, 11) is 1.68. The third kappa shape index (κ3) is 4.20. The number of furan rings is 1. The predicted octanol–water partition coefficient (Wildman–Crippen LogP) is 4.06. The first-order valence-corrected chi connectivity index (χ1v) is 8.51. The fourth-order valence-corrected chi connectivity index (χ4v) is 3.29. The Morgan fingerprint density at radius 2 is 1.92 bits per heavy atom. The summed E-state index contributed by atoms with van der Waals surface area (Å²) in [5, 5.41) is 9.45. The highest BCUT2D eigenvalue weighted by atomic mass is 32.2. The predicted molar refractivity (Wildman–Crippen MR) is 93.6 cm³/mol. The lowest BCUT2D eigenvalue weighted by molar-refractivity contribution is 0.0694. The summed E-state index contributed by atoms with van der Waals surface area (Å²) in [6.07, 6.45) is 0. The van der Waals surface area contributed by atoms with Gasteiger partial charge in [0.15, 0.2) is 0 Å². The molecule has 1 aromatic carbocycles. The topological polar surface area (TPSA) is 70.8 Å².